The highest BCUT2D eigenvalue weighted by atomic mass is 32.2. The van der Waals surface area contributed by atoms with Gasteiger partial charge in [-0.2, -0.15) is 20.5 Å². The largest absolute Gasteiger partial charge is 0.374 e. The van der Waals surface area contributed by atoms with Crippen LogP contribution in [-0.4, -0.2) is 60.0 Å². The van der Waals surface area contributed by atoms with Crippen molar-refractivity contribution < 1.29 is 27.1 Å². The van der Waals surface area contributed by atoms with Gasteiger partial charge in [0.05, 0.1) is 13.0 Å². The number of hydrogen-bond acceptors (Lipinski definition) is 3. The molecule has 3 nitrogen and oxygen atoms in total. The first-order valence-corrected chi connectivity index (χ1v) is 8.61. The van der Waals surface area contributed by atoms with Crippen LogP contribution in [0, 0.1) is 0 Å². The Morgan fingerprint density at radius 1 is 1.32 bits per heavy atom. The Morgan fingerprint density at radius 2 is 2.05 bits per heavy atom. The maximum Gasteiger partial charge on any atom is 0.330 e. The van der Waals surface area contributed by atoms with Gasteiger partial charge in [0.1, 0.15) is 6.61 Å². The van der Waals surface area contributed by atoms with Crippen LogP contribution >= 0.6 is 11.8 Å². The Hall–Kier alpha value is -0.500. The minimum absolute atomic E-state index is 0.0345. The molecule has 1 heterocycles. The number of carbonyl (C=O) groups is 1. The number of thioether (sulfide) groups is 1. The molecule has 1 amide bonds. The van der Waals surface area contributed by atoms with Crippen molar-refractivity contribution in [1.82, 2.24) is 4.90 Å². The highest BCUT2D eigenvalue weighted by Crippen LogP contribution is 2.35. The third-order valence-electron chi connectivity index (χ3n) is 4.13. The molecule has 0 aromatic rings. The van der Waals surface area contributed by atoms with Crippen LogP contribution in [0.5, 0.6) is 0 Å². The average Bonchev–Trinajstić information content (AvgIpc) is 2.50. The molecule has 8 heteroatoms. The maximum absolute atomic E-state index is 12.7. The zero-order chi connectivity index (χ0) is 16.2. The average molecular weight is 343 g/mol. The molecule has 1 saturated carbocycles. The standard InChI is InChI=1S/C14H21F4NO2S/c15-13(16)14(17,18)9-21-7-5-12(20)19-6-8-22-11-4-2-1-3-10(11)19/h10-11,13H,1-9H2. The first-order chi connectivity index (χ1) is 10.4. The lowest BCUT2D eigenvalue weighted by Crippen LogP contribution is -2.51. The maximum atomic E-state index is 12.7. The van der Waals surface area contributed by atoms with Crippen LogP contribution < -0.4 is 0 Å². The summed E-state index contributed by atoms with van der Waals surface area (Å²) < 4.78 is 53.9. The van der Waals surface area contributed by atoms with Crippen LogP contribution in [0.2, 0.25) is 0 Å². The van der Waals surface area contributed by atoms with E-state index in [1.165, 1.54) is 6.42 Å². The molecule has 1 saturated heterocycles. The fourth-order valence-electron chi connectivity index (χ4n) is 2.98. The highest BCUT2D eigenvalue weighted by molar-refractivity contribution is 8.00. The van der Waals surface area contributed by atoms with Crippen LogP contribution in [-0.2, 0) is 9.53 Å². The minimum atomic E-state index is -4.15. The molecular weight excluding hydrogens is 322 g/mol. The van der Waals surface area contributed by atoms with E-state index in [9.17, 15) is 22.4 Å². The SMILES string of the molecule is O=C(CCOCC(F)(F)C(F)F)N1CCSC2CCCCC21. The topological polar surface area (TPSA) is 29.5 Å². The van der Waals surface area contributed by atoms with E-state index >= 15 is 0 Å². The second-order valence-electron chi connectivity index (χ2n) is 5.71. The molecule has 0 bridgehead atoms. The zero-order valence-electron chi connectivity index (χ0n) is 12.3. The number of nitrogens with zero attached hydrogens (tertiary/aromatic N) is 1. The van der Waals surface area contributed by atoms with E-state index in [2.05, 4.69) is 4.74 Å². The lowest BCUT2D eigenvalue weighted by molar-refractivity contribution is -0.167. The summed E-state index contributed by atoms with van der Waals surface area (Å²) in [5.74, 6) is -3.39. The van der Waals surface area contributed by atoms with Crippen LogP contribution in [0.15, 0.2) is 0 Å². The Balaban J connectivity index is 1.75. The third-order valence-corrected chi connectivity index (χ3v) is 5.52. The number of hydrogen-bond donors (Lipinski definition) is 0. The van der Waals surface area contributed by atoms with Crippen molar-refractivity contribution in [3.63, 3.8) is 0 Å². The molecule has 0 aromatic carbocycles. The predicted octanol–water partition coefficient (Wildman–Crippen LogP) is 3.18. The highest BCUT2D eigenvalue weighted by Gasteiger charge is 2.41. The monoisotopic (exact) mass is 343 g/mol. The van der Waals surface area contributed by atoms with Crippen LogP contribution in [0.3, 0.4) is 0 Å². The van der Waals surface area contributed by atoms with E-state index in [-0.39, 0.29) is 25.0 Å². The summed E-state index contributed by atoms with van der Waals surface area (Å²) in [6.45, 7) is -0.931. The lowest BCUT2D eigenvalue weighted by atomic mass is 9.93. The molecular formula is C14H21F4NO2S. The fourth-order valence-corrected chi connectivity index (χ4v) is 4.42. The predicted molar refractivity (Wildman–Crippen MR) is 76.6 cm³/mol. The van der Waals surface area contributed by atoms with Gasteiger partial charge in [-0.1, -0.05) is 12.8 Å². The minimum Gasteiger partial charge on any atom is -0.374 e. The van der Waals surface area contributed by atoms with Crippen molar-refractivity contribution in [2.75, 3.05) is 25.5 Å². The number of halogens is 4. The van der Waals surface area contributed by atoms with Crippen molar-refractivity contribution in [2.24, 2.45) is 0 Å². The second kappa shape index (κ2) is 7.86. The van der Waals surface area contributed by atoms with Gasteiger partial charge in [-0.05, 0) is 12.8 Å². The van der Waals surface area contributed by atoms with Crippen molar-refractivity contribution in [3.8, 4) is 0 Å². The van der Waals surface area contributed by atoms with Crippen molar-refractivity contribution in [3.05, 3.63) is 0 Å². The van der Waals surface area contributed by atoms with Gasteiger partial charge in [0.2, 0.25) is 5.91 Å². The zero-order valence-corrected chi connectivity index (χ0v) is 13.1. The molecule has 22 heavy (non-hydrogen) atoms. The van der Waals surface area contributed by atoms with E-state index in [1.54, 1.807) is 0 Å². The van der Waals surface area contributed by atoms with Crippen LogP contribution in [0.4, 0.5) is 17.6 Å². The van der Waals surface area contributed by atoms with Gasteiger partial charge < -0.3 is 9.64 Å². The van der Waals surface area contributed by atoms with E-state index in [0.29, 0.717) is 11.8 Å². The molecule has 0 aromatic heterocycles. The van der Waals surface area contributed by atoms with Gasteiger partial charge in [0.25, 0.3) is 0 Å². The number of rotatable bonds is 6. The quantitative estimate of drug-likeness (QED) is 0.548. The number of carbonyl (C=O) groups excluding carboxylic acids is 1. The Kier molecular flexibility index (Phi) is 6.37. The van der Waals surface area contributed by atoms with E-state index in [0.717, 1.165) is 25.0 Å². The Bertz CT molecular complexity index is 382. The molecule has 0 N–H and O–H groups in total. The van der Waals surface area contributed by atoms with E-state index in [4.69, 9.17) is 0 Å². The second-order valence-corrected chi connectivity index (χ2v) is 7.06. The van der Waals surface area contributed by atoms with Gasteiger partial charge in [-0.15, -0.1) is 0 Å². The van der Waals surface area contributed by atoms with E-state index in [1.807, 2.05) is 16.7 Å². The van der Waals surface area contributed by atoms with Gasteiger partial charge in [0.15, 0.2) is 0 Å². The van der Waals surface area contributed by atoms with Gasteiger partial charge in [0, 0.05) is 23.6 Å². The Morgan fingerprint density at radius 3 is 2.77 bits per heavy atom. The Labute approximate surface area is 131 Å². The number of amides is 1. The fraction of sp³-hybridized carbons (Fsp3) is 0.929. The number of alkyl halides is 4. The molecule has 0 spiro atoms. The molecule has 128 valence electrons. The normalized spacial score (nSPS) is 26.1. The molecule has 2 atom stereocenters. The van der Waals surface area contributed by atoms with Gasteiger partial charge in [-0.25, -0.2) is 8.78 Å². The molecule has 2 rings (SSSR count). The van der Waals surface area contributed by atoms with Gasteiger partial charge >= 0.3 is 12.3 Å². The van der Waals surface area contributed by atoms with Crippen molar-refractivity contribution in [2.45, 2.75) is 55.7 Å². The molecule has 1 aliphatic heterocycles. The first-order valence-electron chi connectivity index (χ1n) is 7.56. The molecule has 2 unspecified atom stereocenters. The summed E-state index contributed by atoms with van der Waals surface area (Å²) in [6, 6.07) is 0.225. The summed E-state index contributed by atoms with van der Waals surface area (Å²) in [5.41, 5.74) is 0. The number of fused-ring (bicyclic) bond motifs is 1. The third kappa shape index (κ3) is 4.50. The smallest absolute Gasteiger partial charge is 0.330 e. The van der Waals surface area contributed by atoms with Crippen molar-refractivity contribution >= 4 is 17.7 Å². The molecule has 1 aliphatic carbocycles. The summed E-state index contributed by atoms with van der Waals surface area (Å²) in [7, 11) is 0. The first kappa shape index (κ1) is 17.8. The van der Waals surface area contributed by atoms with Crippen LogP contribution in [0.25, 0.3) is 0 Å². The summed E-state index contributed by atoms with van der Waals surface area (Å²) in [5, 5.41) is 0.468. The van der Waals surface area contributed by atoms with Crippen LogP contribution in [0.1, 0.15) is 32.1 Å². The summed E-state index contributed by atoms with van der Waals surface area (Å²) in [4.78, 5) is 14.0. The summed E-state index contributed by atoms with van der Waals surface area (Å²) in [6.07, 6.45) is 0.590. The number of ether oxygens (including phenoxy) is 1. The van der Waals surface area contributed by atoms with Gasteiger partial charge in [-0.3, -0.25) is 4.79 Å². The molecule has 2 fully saturated rings. The van der Waals surface area contributed by atoms with E-state index < -0.39 is 19.0 Å². The molecule has 2 aliphatic rings. The lowest BCUT2D eigenvalue weighted by Gasteiger charge is -2.43. The molecule has 0 radical (unpaired) electrons. The van der Waals surface area contributed by atoms with Crippen molar-refractivity contribution in [1.29, 1.82) is 0 Å². The summed E-state index contributed by atoms with van der Waals surface area (Å²) >= 11 is 1.90.